The molecule has 2 aliphatic rings. The topological polar surface area (TPSA) is 70.6 Å². The lowest BCUT2D eigenvalue weighted by molar-refractivity contribution is -0.138. The molecule has 0 aromatic carbocycles. The van der Waals surface area contributed by atoms with E-state index in [-0.39, 0.29) is 11.8 Å². The van der Waals surface area contributed by atoms with Crippen molar-refractivity contribution in [2.45, 2.75) is 37.5 Å². The van der Waals surface area contributed by atoms with Gasteiger partial charge in [-0.05, 0) is 30.5 Å². The summed E-state index contributed by atoms with van der Waals surface area (Å²) in [5, 5.41) is -0.473. The van der Waals surface area contributed by atoms with Gasteiger partial charge in [0.25, 0.3) is 0 Å². The van der Waals surface area contributed by atoms with Gasteiger partial charge in [0.1, 0.15) is 5.25 Å². The molecule has 0 spiro atoms. The van der Waals surface area contributed by atoms with E-state index in [0.717, 1.165) is 31.2 Å². The second kappa shape index (κ2) is 6.57. The van der Waals surface area contributed by atoms with Gasteiger partial charge in [-0.15, -0.1) is 0 Å². The van der Waals surface area contributed by atoms with Crippen molar-refractivity contribution in [3.05, 3.63) is 30.1 Å². The standard InChI is InChI=1S/C16H23N3O3S/c1-18(10-13-6-8-17-9-7-13)23(21,22)15-11-19(12-15)16(20)14-4-2-3-5-14/h6-9,14-15H,2-5,10-12H2,1H3. The predicted octanol–water partition coefficient (Wildman–Crippen LogP) is 1.24. The molecular formula is C16H23N3O3S. The minimum absolute atomic E-state index is 0.119. The number of nitrogens with zero attached hydrogens (tertiary/aromatic N) is 3. The molecule has 1 aromatic rings. The zero-order valence-electron chi connectivity index (χ0n) is 13.4. The molecule has 6 nitrogen and oxygen atoms in total. The van der Waals surface area contributed by atoms with Crippen molar-refractivity contribution in [3.8, 4) is 0 Å². The highest BCUT2D eigenvalue weighted by molar-refractivity contribution is 7.89. The first-order valence-electron chi connectivity index (χ1n) is 8.11. The third-order valence-electron chi connectivity index (χ3n) is 4.87. The Kier molecular flexibility index (Phi) is 4.68. The molecule has 3 rings (SSSR count). The van der Waals surface area contributed by atoms with Crippen LogP contribution in [0.4, 0.5) is 0 Å². The summed E-state index contributed by atoms with van der Waals surface area (Å²) in [6.07, 6.45) is 7.44. The van der Waals surface area contributed by atoms with Gasteiger partial charge in [0, 0.05) is 45.0 Å². The number of aromatic nitrogens is 1. The molecule has 1 saturated carbocycles. The fraction of sp³-hybridized carbons (Fsp3) is 0.625. The molecule has 1 aliphatic carbocycles. The van der Waals surface area contributed by atoms with Gasteiger partial charge in [0.2, 0.25) is 15.9 Å². The van der Waals surface area contributed by atoms with E-state index >= 15 is 0 Å². The van der Waals surface area contributed by atoms with E-state index in [1.54, 1.807) is 24.3 Å². The molecule has 2 fully saturated rings. The number of likely N-dealkylation sites (tertiary alicyclic amines) is 1. The molecular weight excluding hydrogens is 314 g/mol. The van der Waals surface area contributed by atoms with Crippen LogP contribution in [0, 0.1) is 5.92 Å². The number of carbonyl (C=O) groups is 1. The van der Waals surface area contributed by atoms with Crippen molar-refractivity contribution in [1.29, 1.82) is 0 Å². The Labute approximate surface area is 137 Å². The van der Waals surface area contributed by atoms with Crippen LogP contribution < -0.4 is 0 Å². The van der Waals surface area contributed by atoms with Crippen molar-refractivity contribution < 1.29 is 13.2 Å². The van der Waals surface area contributed by atoms with Crippen LogP contribution in [0.25, 0.3) is 0 Å². The molecule has 0 N–H and O–H groups in total. The highest BCUT2D eigenvalue weighted by Gasteiger charge is 2.43. The van der Waals surface area contributed by atoms with Crippen molar-refractivity contribution >= 4 is 15.9 Å². The van der Waals surface area contributed by atoms with Crippen LogP contribution in [0.15, 0.2) is 24.5 Å². The first kappa shape index (κ1) is 16.4. The molecule has 1 aliphatic heterocycles. The molecule has 23 heavy (non-hydrogen) atoms. The van der Waals surface area contributed by atoms with E-state index in [0.29, 0.717) is 19.6 Å². The minimum atomic E-state index is -3.37. The van der Waals surface area contributed by atoms with Crippen LogP contribution in [-0.2, 0) is 21.4 Å². The molecule has 0 unspecified atom stereocenters. The Morgan fingerprint density at radius 3 is 2.48 bits per heavy atom. The Balaban J connectivity index is 1.56. The number of sulfonamides is 1. The number of carbonyl (C=O) groups excluding carboxylic acids is 1. The van der Waals surface area contributed by atoms with E-state index in [9.17, 15) is 13.2 Å². The van der Waals surface area contributed by atoms with Gasteiger partial charge in [-0.2, -0.15) is 0 Å². The maximum Gasteiger partial charge on any atom is 0.225 e. The number of hydrogen-bond acceptors (Lipinski definition) is 4. The summed E-state index contributed by atoms with van der Waals surface area (Å²) in [7, 11) is -1.78. The summed E-state index contributed by atoms with van der Waals surface area (Å²) >= 11 is 0. The van der Waals surface area contributed by atoms with Crippen molar-refractivity contribution in [1.82, 2.24) is 14.2 Å². The lowest BCUT2D eigenvalue weighted by atomic mass is 10.0. The van der Waals surface area contributed by atoms with E-state index in [2.05, 4.69) is 4.98 Å². The van der Waals surface area contributed by atoms with Gasteiger partial charge in [-0.3, -0.25) is 9.78 Å². The first-order valence-corrected chi connectivity index (χ1v) is 9.61. The van der Waals surface area contributed by atoms with E-state index in [1.807, 2.05) is 12.1 Å². The predicted molar refractivity (Wildman–Crippen MR) is 86.9 cm³/mol. The van der Waals surface area contributed by atoms with Gasteiger partial charge in [-0.1, -0.05) is 12.8 Å². The van der Waals surface area contributed by atoms with Gasteiger partial charge in [-0.25, -0.2) is 12.7 Å². The Hall–Kier alpha value is -1.47. The average Bonchev–Trinajstić information content (AvgIpc) is 3.00. The molecule has 2 heterocycles. The third-order valence-corrected chi connectivity index (χ3v) is 7.01. The second-order valence-electron chi connectivity index (χ2n) is 6.50. The van der Waals surface area contributed by atoms with Crippen molar-refractivity contribution in [2.75, 3.05) is 20.1 Å². The third kappa shape index (κ3) is 3.40. The van der Waals surface area contributed by atoms with Gasteiger partial charge >= 0.3 is 0 Å². The fourth-order valence-corrected chi connectivity index (χ4v) is 4.90. The highest BCUT2D eigenvalue weighted by atomic mass is 32.2. The number of rotatable bonds is 5. The summed E-state index contributed by atoms with van der Waals surface area (Å²) in [5.41, 5.74) is 0.907. The average molecular weight is 337 g/mol. The molecule has 1 amide bonds. The van der Waals surface area contributed by atoms with Crippen LogP contribution in [0.1, 0.15) is 31.2 Å². The van der Waals surface area contributed by atoms with Gasteiger partial charge < -0.3 is 4.90 Å². The summed E-state index contributed by atoms with van der Waals surface area (Å²) in [6.45, 7) is 0.995. The molecule has 7 heteroatoms. The first-order chi connectivity index (χ1) is 11.0. The van der Waals surface area contributed by atoms with Crippen LogP contribution in [0.2, 0.25) is 0 Å². The van der Waals surface area contributed by atoms with Crippen LogP contribution in [0.5, 0.6) is 0 Å². The van der Waals surface area contributed by atoms with Gasteiger partial charge in [0.15, 0.2) is 0 Å². The summed E-state index contributed by atoms with van der Waals surface area (Å²) in [4.78, 5) is 17.9. The number of pyridine rings is 1. The zero-order valence-corrected chi connectivity index (χ0v) is 14.2. The largest absolute Gasteiger partial charge is 0.340 e. The maximum atomic E-state index is 12.6. The normalized spacial score (nSPS) is 20.0. The second-order valence-corrected chi connectivity index (χ2v) is 8.82. The molecule has 0 radical (unpaired) electrons. The zero-order chi connectivity index (χ0) is 16.4. The molecule has 126 valence electrons. The summed E-state index contributed by atoms with van der Waals surface area (Å²) in [6, 6.07) is 3.62. The van der Waals surface area contributed by atoms with Crippen LogP contribution in [-0.4, -0.2) is 53.9 Å². The van der Waals surface area contributed by atoms with E-state index in [1.165, 1.54) is 4.31 Å². The summed E-state index contributed by atoms with van der Waals surface area (Å²) < 4.78 is 26.5. The SMILES string of the molecule is CN(Cc1ccncc1)S(=O)(=O)C1CN(C(=O)C2CCCC2)C1. The lowest BCUT2D eigenvalue weighted by Crippen LogP contribution is -2.60. The molecule has 1 aromatic heterocycles. The lowest BCUT2D eigenvalue weighted by Gasteiger charge is -2.41. The Morgan fingerprint density at radius 1 is 1.26 bits per heavy atom. The highest BCUT2D eigenvalue weighted by Crippen LogP contribution is 2.30. The van der Waals surface area contributed by atoms with E-state index in [4.69, 9.17) is 0 Å². The van der Waals surface area contributed by atoms with Crippen molar-refractivity contribution in [2.24, 2.45) is 5.92 Å². The van der Waals surface area contributed by atoms with Gasteiger partial charge in [0.05, 0.1) is 0 Å². The molecule has 1 saturated heterocycles. The quantitative estimate of drug-likeness (QED) is 0.811. The van der Waals surface area contributed by atoms with E-state index < -0.39 is 15.3 Å². The van der Waals surface area contributed by atoms with Crippen LogP contribution in [0.3, 0.4) is 0 Å². The number of amides is 1. The summed E-state index contributed by atoms with van der Waals surface area (Å²) in [5.74, 6) is 0.263. The number of hydrogen-bond donors (Lipinski definition) is 0. The minimum Gasteiger partial charge on any atom is -0.340 e. The monoisotopic (exact) mass is 337 g/mol. The molecule has 0 atom stereocenters. The smallest absolute Gasteiger partial charge is 0.225 e. The fourth-order valence-electron chi connectivity index (χ4n) is 3.33. The maximum absolute atomic E-state index is 12.6. The Morgan fingerprint density at radius 2 is 1.87 bits per heavy atom. The Bertz CT molecular complexity index is 650. The van der Waals surface area contributed by atoms with Crippen molar-refractivity contribution in [3.63, 3.8) is 0 Å². The molecule has 0 bridgehead atoms. The van der Waals surface area contributed by atoms with Crippen LogP contribution >= 0.6 is 0 Å².